The van der Waals surface area contributed by atoms with Gasteiger partial charge in [0.05, 0.1) is 19.7 Å². The van der Waals surface area contributed by atoms with Gasteiger partial charge >= 0.3 is 5.97 Å². The van der Waals surface area contributed by atoms with Crippen LogP contribution in [0.15, 0.2) is 24.3 Å². The Morgan fingerprint density at radius 1 is 1.30 bits per heavy atom. The van der Waals surface area contributed by atoms with E-state index in [1.165, 1.54) is 0 Å². The monoisotopic (exact) mass is 399 g/mol. The molecule has 1 aliphatic heterocycles. The van der Waals surface area contributed by atoms with E-state index in [0.29, 0.717) is 0 Å². The first kappa shape index (κ1) is 23.2. The first-order valence-electron chi connectivity index (χ1n) is 9.09. The van der Waals surface area contributed by atoms with E-state index in [0.717, 1.165) is 43.9 Å². The van der Waals surface area contributed by atoms with Crippen LogP contribution in [0.5, 0.6) is 5.75 Å². The summed E-state index contributed by atoms with van der Waals surface area (Å²) in [6.07, 6.45) is 1.75. The molecule has 2 N–H and O–H groups in total. The topological polar surface area (TPSA) is 82.1 Å². The predicted octanol–water partition coefficient (Wildman–Crippen LogP) is 2.31. The quantitative estimate of drug-likeness (QED) is 0.698. The molecule has 0 radical (unpaired) electrons. The van der Waals surface area contributed by atoms with Crippen molar-refractivity contribution in [3.8, 4) is 5.75 Å². The number of carboxylic acid groups (broad SMARTS) is 1. The number of likely N-dealkylation sites (N-methyl/N-ethyl adjacent to an activating group) is 1. The van der Waals surface area contributed by atoms with Crippen molar-refractivity contribution >= 4 is 30.0 Å². The lowest BCUT2D eigenvalue weighted by Gasteiger charge is -2.39. The molecular formula is C19H30ClN3O4. The molecule has 8 heteroatoms. The second-order valence-electron chi connectivity index (χ2n) is 6.62. The lowest BCUT2D eigenvalue weighted by Crippen LogP contribution is -2.51. The third-order valence-corrected chi connectivity index (χ3v) is 5.04. The lowest BCUT2D eigenvalue weighted by molar-refractivity contribution is -0.139. The highest BCUT2D eigenvalue weighted by Crippen LogP contribution is 2.20. The molecule has 27 heavy (non-hydrogen) atoms. The second kappa shape index (κ2) is 11.1. The van der Waals surface area contributed by atoms with Crippen molar-refractivity contribution in [3.05, 3.63) is 24.3 Å². The first-order valence-corrected chi connectivity index (χ1v) is 9.09. The number of nitrogens with one attached hydrogen (secondary N) is 1. The highest BCUT2D eigenvalue weighted by atomic mass is 35.5. The minimum Gasteiger partial charge on any atom is -0.497 e. The van der Waals surface area contributed by atoms with Crippen LogP contribution in [-0.4, -0.2) is 72.2 Å². The number of ether oxygens (including phenoxy) is 1. The summed E-state index contributed by atoms with van der Waals surface area (Å²) in [5, 5.41) is 12.0. The molecule has 1 heterocycles. The zero-order chi connectivity index (χ0) is 19.1. The van der Waals surface area contributed by atoms with Crippen LogP contribution in [0.2, 0.25) is 0 Å². The number of anilines is 1. The van der Waals surface area contributed by atoms with Crippen molar-refractivity contribution in [1.29, 1.82) is 0 Å². The van der Waals surface area contributed by atoms with Crippen molar-refractivity contribution in [2.24, 2.45) is 0 Å². The first-order chi connectivity index (χ1) is 12.4. The molecule has 1 saturated heterocycles. The van der Waals surface area contributed by atoms with Crippen LogP contribution in [0.25, 0.3) is 0 Å². The van der Waals surface area contributed by atoms with E-state index >= 15 is 0 Å². The SMILES string of the molecule is CCN(CC(=O)O)C1CCN(C(C)C(=O)Nc2ccc(OC)cc2)CC1.Cl. The van der Waals surface area contributed by atoms with Gasteiger partial charge in [-0.25, -0.2) is 0 Å². The average Bonchev–Trinajstić information content (AvgIpc) is 2.66. The number of rotatable bonds is 8. The summed E-state index contributed by atoms with van der Waals surface area (Å²) in [5.74, 6) is -0.0759. The van der Waals surface area contributed by atoms with E-state index in [4.69, 9.17) is 9.84 Å². The fourth-order valence-electron chi connectivity index (χ4n) is 3.40. The Balaban J connectivity index is 0.00000364. The van der Waals surface area contributed by atoms with Crippen molar-refractivity contribution in [2.45, 2.75) is 38.8 Å². The van der Waals surface area contributed by atoms with E-state index in [2.05, 4.69) is 10.2 Å². The number of hydrogen-bond donors (Lipinski definition) is 2. The molecule has 0 saturated carbocycles. The standard InChI is InChI=1S/C19H29N3O4.ClH/c1-4-21(13-18(23)24)16-9-11-22(12-10-16)14(2)19(25)20-15-5-7-17(26-3)8-6-15;/h5-8,14,16H,4,9-13H2,1-3H3,(H,20,25)(H,23,24);1H. The van der Waals surface area contributed by atoms with Crippen LogP contribution < -0.4 is 10.1 Å². The number of piperidine rings is 1. The zero-order valence-corrected chi connectivity index (χ0v) is 17.0. The fraction of sp³-hybridized carbons (Fsp3) is 0.579. The molecule has 0 aromatic heterocycles. The van der Waals surface area contributed by atoms with Crippen LogP contribution in [0.4, 0.5) is 5.69 Å². The van der Waals surface area contributed by atoms with Crippen LogP contribution in [-0.2, 0) is 9.59 Å². The normalized spacial score (nSPS) is 16.4. The number of methoxy groups -OCH3 is 1. The van der Waals surface area contributed by atoms with Gasteiger partial charge in [-0.3, -0.25) is 19.4 Å². The Bertz CT molecular complexity index is 603. The molecule has 1 amide bonds. The van der Waals surface area contributed by atoms with Crippen molar-refractivity contribution in [1.82, 2.24) is 9.80 Å². The maximum atomic E-state index is 12.5. The zero-order valence-electron chi connectivity index (χ0n) is 16.2. The van der Waals surface area contributed by atoms with Gasteiger partial charge in [0.25, 0.3) is 0 Å². The van der Waals surface area contributed by atoms with Gasteiger partial charge in [-0.05, 0) is 50.6 Å². The summed E-state index contributed by atoms with van der Waals surface area (Å²) in [5.41, 5.74) is 0.746. The molecule has 0 aliphatic carbocycles. The molecule has 2 rings (SSSR count). The maximum absolute atomic E-state index is 12.5. The molecular weight excluding hydrogens is 370 g/mol. The minimum atomic E-state index is -0.790. The van der Waals surface area contributed by atoms with Crippen LogP contribution in [0.3, 0.4) is 0 Å². The molecule has 0 bridgehead atoms. The van der Waals surface area contributed by atoms with Gasteiger partial charge in [0.15, 0.2) is 0 Å². The number of nitrogens with zero attached hydrogens (tertiary/aromatic N) is 2. The number of benzene rings is 1. The summed E-state index contributed by atoms with van der Waals surface area (Å²) in [4.78, 5) is 27.6. The number of amides is 1. The predicted molar refractivity (Wildman–Crippen MR) is 108 cm³/mol. The number of carboxylic acids is 1. The Morgan fingerprint density at radius 3 is 2.37 bits per heavy atom. The number of carbonyl (C=O) groups is 2. The minimum absolute atomic E-state index is 0. The van der Waals surface area contributed by atoms with Crippen molar-refractivity contribution in [2.75, 3.05) is 38.6 Å². The summed E-state index contributed by atoms with van der Waals surface area (Å²) in [6, 6.07) is 7.31. The van der Waals surface area contributed by atoms with Gasteiger partial charge in [0.2, 0.25) is 5.91 Å². The number of halogens is 1. The molecule has 152 valence electrons. The third-order valence-electron chi connectivity index (χ3n) is 5.04. The molecule has 1 aromatic rings. The van der Waals surface area contributed by atoms with Gasteiger partial charge in [0.1, 0.15) is 5.75 Å². The highest BCUT2D eigenvalue weighted by Gasteiger charge is 2.29. The third kappa shape index (κ3) is 6.68. The van der Waals surface area contributed by atoms with Gasteiger partial charge in [-0.15, -0.1) is 12.4 Å². The van der Waals surface area contributed by atoms with Gasteiger partial charge in [-0.2, -0.15) is 0 Å². The lowest BCUT2D eigenvalue weighted by atomic mass is 10.0. The number of aliphatic carboxylic acids is 1. The molecule has 1 unspecified atom stereocenters. The summed E-state index contributed by atoms with van der Waals surface area (Å²) < 4.78 is 5.12. The Labute approximate surface area is 167 Å². The summed E-state index contributed by atoms with van der Waals surface area (Å²) >= 11 is 0. The van der Waals surface area contributed by atoms with E-state index in [1.807, 2.05) is 43.0 Å². The van der Waals surface area contributed by atoms with E-state index < -0.39 is 5.97 Å². The number of carbonyl (C=O) groups excluding carboxylic acids is 1. The number of hydrogen-bond acceptors (Lipinski definition) is 5. The average molecular weight is 400 g/mol. The van der Waals surface area contributed by atoms with E-state index in [9.17, 15) is 9.59 Å². The van der Waals surface area contributed by atoms with Gasteiger partial charge in [-0.1, -0.05) is 6.92 Å². The number of likely N-dealkylation sites (tertiary alicyclic amines) is 1. The maximum Gasteiger partial charge on any atom is 0.317 e. The Hall–Kier alpha value is -1.83. The van der Waals surface area contributed by atoms with E-state index in [-0.39, 0.29) is 36.9 Å². The largest absolute Gasteiger partial charge is 0.497 e. The van der Waals surface area contributed by atoms with Crippen LogP contribution in [0, 0.1) is 0 Å². The Morgan fingerprint density at radius 2 is 1.89 bits per heavy atom. The fourth-order valence-corrected chi connectivity index (χ4v) is 3.40. The Kier molecular flexibility index (Phi) is 9.55. The van der Waals surface area contributed by atoms with Crippen LogP contribution in [0.1, 0.15) is 26.7 Å². The summed E-state index contributed by atoms with van der Waals surface area (Å²) in [7, 11) is 1.61. The second-order valence-corrected chi connectivity index (χ2v) is 6.62. The summed E-state index contributed by atoms with van der Waals surface area (Å²) in [6.45, 7) is 6.28. The highest BCUT2D eigenvalue weighted by molar-refractivity contribution is 5.94. The molecule has 1 aromatic carbocycles. The molecule has 1 aliphatic rings. The smallest absolute Gasteiger partial charge is 0.317 e. The molecule has 1 atom stereocenters. The van der Waals surface area contributed by atoms with Gasteiger partial charge in [0, 0.05) is 24.8 Å². The van der Waals surface area contributed by atoms with E-state index in [1.54, 1.807) is 7.11 Å². The molecule has 1 fully saturated rings. The van der Waals surface area contributed by atoms with Crippen molar-refractivity contribution in [3.63, 3.8) is 0 Å². The van der Waals surface area contributed by atoms with Gasteiger partial charge < -0.3 is 15.2 Å². The molecule has 7 nitrogen and oxygen atoms in total. The molecule has 0 spiro atoms. The van der Waals surface area contributed by atoms with Crippen LogP contribution >= 0.6 is 12.4 Å². The van der Waals surface area contributed by atoms with Crippen molar-refractivity contribution < 1.29 is 19.4 Å².